The van der Waals surface area contributed by atoms with Crippen molar-refractivity contribution in [3.63, 3.8) is 0 Å². The molecule has 3 rings (SSSR count). The van der Waals surface area contributed by atoms with Crippen LogP contribution in [0.15, 0.2) is 67.2 Å². The van der Waals surface area contributed by atoms with Gasteiger partial charge in [0.2, 0.25) is 0 Å². The van der Waals surface area contributed by atoms with E-state index in [-0.39, 0.29) is 5.91 Å². The molecular weight excluding hydrogens is 412 g/mol. The molecule has 22 heavy (non-hydrogen) atoms. The lowest BCUT2D eigenvalue weighted by atomic mass is 10.1. The molecule has 3 aromatic rings. The third-order valence-electron chi connectivity index (χ3n) is 3.03. The highest BCUT2D eigenvalue weighted by atomic mass is 79.9. The first kappa shape index (κ1) is 15.0. The first-order chi connectivity index (χ1) is 10.6. The summed E-state index contributed by atoms with van der Waals surface area (Å²) in [6.45, 7) is 0. The van der Waals surface area contributed by atoms with Crippen LogP contribution in [0.1, 0.15) is 16.1 Å². The first-order valence-corrected chi connectivity index (χ1v) is 7.99. The fraction of sp³-hybridized carbons (Fsp3) is 0. The van der Waals surface area contributed by atoms with Gasteiger partial charge in [0.05, 0.1) is 10.7 Å². The minimum absolute atomic E-state index is 0.272. The summed E-state index contributed by atoms with van der Waals surface area (Å²) in [5.74, 6) is 0.254. The maximum atomic E-state index is 12.1. The third-order valence-corrected chi connectivity index (χ3v) is 4.74. The van der Waals surface area contributed by atoms with Crippen LogP contribution in [0.2, 0.25) is 0 Å². The van der Waals surface area contributed by atoms with Crippen LogP contribution in [0, 0.1) is 0 Å². The standard InChI is InChI=1S/C16H10Br2N2O2/c17-14-8-13(22-15(14)18)9-19-20-16(21)12-6-5-10-3-1-2-4-11(10)7-12/h1-9H,(H,20,21)/b19-9-. The normalized spacial score (nSPS) is 11.2. The fourth-order valence-corrected chi connectivity index (χ4v) is 2.58. The van der Waals surface area contributed by atoms with Gasteiger partial charge in [-0.3, -0.25) is 4.79 Å². The van der Waals surface area contributed by atoms with Crippen molar-refractivity contribution >= 4 is 54.8 Å². The second kappa shape index (κ2) is 6.46. The Morgan fingerprint density at radius 1 is 1.09 bits per heavy atom. The molecule has 0 bridgehead atoms. The topological polar surface area (TPSA) is 54.6 Å². The van der Waals surface area contributed by atoms with Gasteiger partial charge in [-0.25, -0.2) is 5.43 Å². The number of nitrogens with one attached hydrogen (secondary N) is 1. The molecule has 1 heterocycles. The molecular formula is C16H10Br2N2O2. The van der Waals surface area contributed by atoms with E-state index in [4.69, 9.17) is 4.42 Å². The highest BCUT2D eigenvalue weighted by Gasteiger charge is 2.06. The highest BCUT2D eigenvalue weighted by molar-refractivity contribution is 9.13. The molecule has 0 aliphatic rings. The SMILES string of the molecule is O=C(N/N=C\c1cc(Br)c(Br)o1)c1ccc2ccccc2c1. The van der Waals surface area contributed by atoms with Crippen molar-refractivity contribution in [3.05, 3.63) is 69.0 Å². The zero-order chi connectivity index (χ0) is 15.5. The number of benzene rings is 2. The molecule has 1 aromatic heterocycles. The Labute approximate surface area is 143 Å². The van der Waals surface area contributed by atoms with Crippen molar-refractivity contribution in [3.8, 4) is 0 Å². The number of furan rings is 1. The summed E-state index contributed by atoms with van der Waals surface area (Å²) in [4.78, 5) is 12.1. The molecule has 6 heteroatoms. The lowest BCUT2D eigenvalue weighted by Crippen LogP contribution is -2.17. The number of nitrogens with zero attached hydrogens (tertiary/aromatic N) is 1. The second-order valence-electron chi connectivity index (χ2n) is 4.53. The molecule has 0 saturated heterocycles. The molecule has 0 aliphatic heterocycles. The molecule has 1 amide bonds. The Kier molecular flexibility index (Phi) is 4.40. The van der Waals surface area contributed by atoms with E-state index >= 15 is 0 Å². The van der Waals surface area contributed by atoms with Gasteiger partial charge in [-0.15, -0.1) is 0 Å². The monoisotopic (exact) mass is 420 g/mol. The van der Waals surface area contributed by atoms with Crippen molar-refractivity contribution in [2.75, 3.05) is 0 Å². The number of rotatable bonds is 3. The van der Waals surface area contributed by atoms with Gasteiger partial charge in [-0.1, -0.05) is 30.3 Å². The minimum Gasteiger partial charge on any atom is -0.447 e. The largest absolute Gasteiger partial charge is 0.447 e. The number of fused-ring (bicyclic) bond motifs is 1. The predicted octanol–water partition coefficient (Wildman–Crippen LogP) is 4.72. The van der Waals surface area contributed by atoms with Gasteiger partial charge in [0, 0.05) is 11.6 Å². The van der Waals surface area contributed by atoms with E-state index in [1.165, 1.54) is 6.21 Å². The van der Waals surface area contributed by atoms with Crippen LogP contribution >= 0.6 is 31.9 Å². The van der Waals surface area contributed by atoms with E-state index in [2.05, 4.69) is 42.4 Å². The van der Waals surface area contributed by atoms with Crippen LogP contribution in [-0.2, 0) is 0 Å². The Morgan fingerprint density at radius 2 is 1.86 bits per heavy atom. The maximum Gasteiger partial charge on any atom is 0.271 e. The van der Waals surface area contributed by atoms with E-state index < -0.39 is 0 Å². The summed E-state index contributed by atoms with van der Waals surface area (Å²) in [7, 11) is 0. The van der Waals surface area contributed by atoms with Gasteiger partial charge in [-0.2, -0.15) is 5.10 Å². The van der Waals surface area contributed by atoms with Crippen molar-refractivity contribution in [1.29, 1.82) is 0 Å². The third kappa shape index (κ3) is 3.28. The second-order valence-corrected chi connectivity index (χ2v) is 6.11. The van der Waals surface area contributed by atoms with Crippen LogP contribution in [0.5, 0.6) is 0 Å². The van der Waals surface area contributed by atoms with Gasteiger partial charge >= 0.3 is 0 Å². The van der Waals surface area contributed by atoms with Crippen LogP contribution in [-0.4, -0.2) is 12.1 Å². The number of amides is 1. The molecule has 110 valence electrons. The summed E-state index contributed by atoms with van der Waals surface area (Å²) in [6.07, 6.45) is 1.44. The van der Waals surface area contributed by atoms with Gasteiger partial charge in [0.1, 0.15) is 5.76 Å². The lowest BCUT2D eigenvalue weighted by molar-refractivity contribution is 0.0955. The Bertz CT molecular complexity index is 852. The van der Waals surface area contributed by atoms with E-state index in [9.17, 15) is 4.79 Å². The zero-order valence-corrected chi connectivity index (χ0v) is 14.4. The molecule has 0 saturated carbocycles. The highest BCUT2D eigenvalue weighted by Crippen LogP contribution is 2.25. The quantitative estimate of drug-likeness (QED) is 0.491. The summed E-state index contributed by atoms with van der Waals surface area (Å²) in [5, 5.41) is 6.00. The molecule has 0 radical (unpaired) electrons. The van der Waals surface area contributed by atoms with Gasteiger partial charge in [0.25, 0.3) is 5.91 Å². The van der Waals surface area contributed by atoms with Crippen LogP contribution in [0.3, 0.4) is 0 Å². The van der Waals surface area contributed by atoms with E-state index in [0.717, 1.165) is 15.2 Å². The average Bonchev–Trinajstić information content (AvgIpc) is 2.85. The smallest absolute Gasteiger partial charge is 0.271 e. The number of hydrogen-bond acceptors (Lipinski definition) is 3. The molecule has 2 aromatic carbocycles. The Balaban J connectivity index is 1.72. The zero-order valence-electron chi connectivity index (χ0n) is 11.2. The summed E-state index contributed by atoms with van der Waals surface area (Å²) >= 11 is 6.54. The van der Waals surface area contributed by atoms with Crippen molar-refractivity contribution < 1.29 is 9.21 Å². The average molecular weight is 422 g/mol. The van der Waals surface area contributed by atoms with Gasteiger partial charge in [0.15, 0.2) is 4.67 Å². The van der Waals surface area contributed by atoms with Gasteiger partial charge < -0.3 is 4.42 Å². The van der Waals surface area contributed by atoms with Crippen LogP contribution in [0.4, 0.5) is 0 Å². The van der Waals surface area contributed by atoms with Crippen molar-refractivity contribution in [1.82, 2.24) is 5.43 Å². The predicted molar refractivity (Wildman–Crippen MR) is 93.1 cm³/mol. The first-order valence-electron chi connectivity index (χ1n) is 6.40. The molecule has 4 nitrogen and oxygen atoms in total. The number of carbonyl (C=O) groups excluding carboxylic acids is 1. The minimum atomic E-state index is -0.272. The van der Waals surface area contributed by atoms with Gasteiger partial charge in [-0.05, 0) is 54.8 Å². The molecule has 0 spiro atoms. The van der Waals surface area contributed by atoms with Crippen LogP contribution < -0.4 is 5.43 Å². The lowest BCUT2D eigenvalue weighted by Gasteiger charge is -2.02. The molecule has 0 aliphatic carbocycles. The molecule has 0 fully saturated rings. The summed E-state index contributed by atoms with van der Waals surface area (Å²) in [6, 6.07) is 15.1. The van der Waals surface area contributed by atoms with E-state index in [0.29, 0.717) is 16.0 Å². The molecule has 0 unspecified atom stereocenters. The number of hydrazone groups is 1. The van der Waals surface area contributed by atoms with Crippen molar-refractivity contribution in [2.45, 2.75) is 0 Å². The fourth-order valence-electron chi connectivity index (χ4n) is 1.98. The molecule has 1 N–H and O–H groups in total. The number of hydrogen-bond donors (Lipinski definition) is 1. The Hall–Kier alpha value is -1.92. The maximum absolute atomic E-state index is 12.1. The van der Waals surface area contributed by atoms with E-state index in [1.54, 1.807) is 12.1 Å². The van der Waals surface area contributed by atoms with Crippen molar-refractivity contribution in [2.24, 2.45) is 5.10 Å². The van der Waals surface area contributed by atoms with Crippen LogP contribution in [0.25, 0.3) is 10.8 Å². The molecule has 0 atom stereocenters. The summed E-state index contributed by atoms with van der Waals surface area (Å²) in [5.41, 5.74) is 3.03. The van der Waals surface area contributed by atoms with E-state index in [1.807, 2.05) is 36.4 Å². The number of carbonyl (C=O) groups is 1. The number of halogens is 2. The summed E-state index contributed by atoms with van der Waals surface area (Å²) < 4.78 is 6.69. The Morgan fingerprint density at radius 3 is 2.59 bits per heavy atom.